The number of aliphatic carboxylic acids is 1. The summed E-state index contributed by atoms with van der Waals surface area (Å²) in [5.74, 6) is -1.01. The standard InChI is InChI=1S/C11H10O3S/c12-8-4-7-10(11(13)14)15-9-5-2-1-3-6-9/h1-8,12H,(H,13,14)/b8-4+,10-7-. The van der Waals surface area contributed by atoms with Gasteiger partial charge in [0.25, 0.3) is 0 Å². The third-order valence-electron chi connectivity index (χ3n) is 1.52. The predicted molar refractivity (Wildman–Crippen MR) is 59.8 cm³/mol. The summed E-state index contributed by atoms with van der Waals surface area (Å²) in [6, 6.07) is 9.18. The first-order chi connectivity index (χ1) is 7.24. The van der Waals surface area contributed by atoms with Crippen molar-refractivity contribution in [3.05, 3.63) is 53.7 Å². The van der Waals surface area contributed by atoms with Crippen LogP contribution in [0.2, 0.25) is 0 Å². The number of carbonyl (C=O) groups is 1. The van der Waals surface area contributed by atoms with Gasteiger partial charge in [-0.3, -0.25) is 0 Å². The Balaban J connectivity index is 2.81. The van der Waals surface area contributed by atoms with Crippen LogP contribution < -0.4 is 0 Å². The van der Waals surface area contributed by atoms with Crippen molar-refractivity contribution in [1.82, 2.24) is 0 Å². The summed E-state index contributed by atoms with van der Waals surface area (Å²) in [5.41, 5.74) is 0. The molecule has 0 bridgehead atoms. The molecule has 4 heteroatoms. The molecule has 15 heavy (non-hydrogen) atoms. The third-order valence-corrected chi connectivity index (χ3v) is 2.55. The highest BCUT2D eigenvalue weighted by atomic mass is 32.2. The smallest absolute Gasteiger partial charge is 0.342 e. The van der Waals surface area contributed by atoms with Gasteiger partial charge < -0.3 is 10.2 Å². The third kappa shape index (κ3) is 3.91. The fourth-order valence-electron chi connectivity index (χ4n) is 0.895. The quantitative estimate of drug-likeness (QED) is 0.356. The fourth-order valence-corrected chi connectivity index (χ4v) is 1.68. The van der Waals surface area contributed by atoms with Crippen LogP contribution in [-0.4, -0.2) is 16.2 Å². The lowest BCUT2D eigenvalue weighted by Crippen LogP contribution is -1.95. The summed E-state index contributed by atoms with van der Waals surface area (Å²) in [4.78, 5) is 11.8. The molecule has 0 spiro atoms. The highest BCUT2D eigenvalue weighted by Gasteiger charge is 2.07. The second-order valence-corrected chi connectivity index (χ2v) is 3.71. The summed E-state index contributed by atoms with van der Waals surface area (Å²) in [7, 11) is 0. The minimum absolute atomic E-state index is 0.159. The topological polar surface area (TPSA) is 57.5 Å². The monoisotopic (exact) mass is 222 g/mol. The van der Waals surface area contributed by atoms with E-state index in [4.69, 9.17) is 10.2 Å². The maximum atomic E-state index is 10.8. The summed E-state index contributed by atoms with van der Waals surface area (Å²) in [5, 5.41) is 17.3. The molecule has 0 aliphatic carbocycles. The second-order valence-electron chi connectivity index (χ2n) is 2.59. The van der Waals surface area contributed by atoms with Crippen molar-refractivity contribution in [3.8, 4) is 0 Å². The van der Waals surface area contributed by atoms with E-state index in [1.807, 2.05) is 30.3 Å². The number of benzene rings is 1. The molecule has 0 aliphatic rings. The van der Waals surface area contributed by atoms with Crippen LogP contribution in [0.3, 0.4) is 0 Å². The first-order valence-electron chi connectivity index (χ1n) is 4.21. The lowest BCUT2D eigenvalue weighted by atomic mass is 10.4. The zero-order valence-corrected chi connectivity index (χ0v) is 8.65. The highest BCUT2D eigenvalue weighted by Crippen LogP contribution is 2.26. The van der Waals surface area contributed by atoms with Gasteiger partial charge in [-0.1, -0.05) is 30.0 Å². The average Bonchev–Trinajstić information content (AvgIpc) is 2.25. The number of hydrogen-bond donors (Lipinski definition) is 2. The Morgan fingerprint density at radius 1 is 1.27 bits per heavy atom. The Labute approximate surface area is 91.8 Å². The molecule has 0 radical (unpaired) electrons. The normalized spacial score (nSPS) is 11.9. The van der Waals surface area contributed by atoms with Gasteiger partial charge in [0.2, 0.25) is 0 Å². The highest BCUT2D eigenvalue weighted by molar-refractivity contribution is 8.04. The van der Waals surface area contributed by atoms with Crippen molar-refractivity contribution in [2.45, 2.75) is 4.90 Å². The van der Waals surface area contributed by atoms with Crippen LogP contribution in [0.25, 0.3) is 0 Å². The molecule has 0 amide bonds. The Morgan fingerprint density at radius 3 is 2.47 bits per heavy atom. The number of thioether (sulfide) groups is 1. The van der Waals surface area contributed by atoms with Gasteiger partial charge in [0.15, 0.2) is 0 Å². The van der Waals surface area contributed by atoms with Crippen LogP contribution in [0.5, 0.6) is 0 Å². The molecule has 0 unspecified atom stereocenters. The molecule has 78 valence electrons. The van der Waals surface area contributed by atoms with Gasteiger partial charge in [-0.05, 0) is 24.3 Å². The van der Waals surface area contributed by atoms with Crippen molar-refractivity contribution in [3.63, 3.8) is 0 Å². The van der Waals surface area contributed by atoms with Crippen molar-refractivity contribution in [1.29, 1.82) is 0 Å². The maximum Gasteiger partial charge on any atom is 0.342 e. The van der Waals surface area contributed by atoms with E-state index in [0.717, 1.165) is 22.9 Å². The van der Waals surface area contributed by atoms with Crippen molar-refractivity contribution >= 4 is 17.7 Å². The maximum absolute atomic E-state index is 10.8. The number of aliphatic hydroxyl groups excluding tert-OH is 1. The van der Waals surface area contributed by atoms with Crippen LogP contribution in [0.4, 0.5) is 0 Å². The second kappa shape index (κ2) is 5.93. The molecule has 0 fully saturated rings. The van der Waals surface area contributed by atoms with Crippen LogP contribution in [0.15, 0.2) is 58.5 Å². The van der Waals surface area contributed by atoms with Crippen LogP contribution in [0.1, 0.15) is 0 Å². The molecule has 3 nitrogen and oxygen atoms in total. The van der Waals surface area contributed by atoms with Gasteiger partial charge in [-0.25, -0.2) is 4.79 Å². The Morgan fingerprint density at radius 2 is 1.93 bits per heavy atom. The minimum Gasteiger partial charge on any atom is -0.516 e. The molecular weight excluding hydrogens is 212 g/mol. The van der Waals surface area contributed by atoms with Crippen LogP contribution in [0, 0.1) is 0 Å². The zero-order valence-electron chi connectivity index (χ0n) is 7.83. The molecule has 0 saturated carbocycles. The molecule has 0 heterocycles. The predicted octanol–water partition coefficient (Wildman–Crippen LogP) is 2.82. The van der Waals surface area contributed by atoms with Crippen molar-refractivity contribution in [2.24, 2.45) is 0 Å². The van der Waals surface area contributed by atoms with Crippen molar-refractivity contribution in [2.75, 3.05) is 0 Å². The van der Waals surface area contributed by atoms with E-state index in [9.17, 15) is 4.79 Å². The number of aliphatic hydroxyl groups is 1. The van der Waals surface area contributed by atoms with Crippen molar-refractivity contribution < 1.29 is 15.0 Å². The number of carboxylic acid groups (broad SMARTS) is 1. The Bertz CT molecular complexity index is 382. The van der Waals surface area contributed by atoms with Gasteiger partial charge in [0.05, 0.1) is 11.2 Å². The molecule has 1 aromatic carbocycles. The minimum atomic E-state index is -1.01. The number of rotatable bonds is 4. The molecular formula is C11H10O3S. The van der Waals surface area contributed by atoms with Gasteiger partial charge in [-0.2, -0.15) is 0 Å². The first kappa shape index (κ1) is 11.4. The summed E-state index contributed by atoms with van der Waals surface area (Å²) >= 11 is 1.14. The van der Waals surface area contributed by atoms with Gasteiger partial charge in [-0.15, -0.1) is 0 Å². The van der Waals surface area contributed by atoms with Gasteiger partial charge in [0.1, 0.15) is 0 Å². The average molecular weight is 222 g/mol. The van der Waals surface area contributed by atoms with E-state index in [-0.39, 0.29) is 4.91 Å². The van der Waals surface area contributed by atoms with E-state index in [0.29, 0.717) is 0 Å². The molecule has 0 atom stereocenters. The number of allylic oxidation sites excluding steroid dienone is 2. The summed E-state index contributed by atoms with van der Waals surface area (Å²) in [6.07, 6.45) is 3.42. The first-order valence-corrected chi connectivity index (χ1v) is 5.03. The molecule has 1 aromatic rings. The zero-order chi connectivity index (χ0) is 11.1. The van der Waals surface area contributed by atoms with E-state index < -0.39 is 5.97 Å². The lowest BCUT2D eigenvalue weighted by molar-refractivity contribution is -0.131. The SMILES string of the molecule is O=C(O)/C(=C/C=C/O)Sc1ccccc1. The van der Waals surface area contributed by atoms with Crippen LogP contribution in [-0.2, 0) is 4.79 Å². The molecule has 0 saturated heterocycles. The van der Waals surface area contributed by atoms with E-state index in [1.54, 1.807) is 0 Å². The number of carboxylic acids is 1. The van der Waals surface area contributed by atoms with E-state index in [1.165, 1.54) is 12.2 Å². The molecule has 2 N–H and O–H groups in total. The summed E-state index contributed by atoms with van der Waals surface area (Å²) in [6.45, 7) is 0. The molecule has 1 rings (SSSR count). The van der Waals surface area contributed by atoms with Gasteiger partial charge in [0, 0.05) is 4.90 Å². The Hall–Kier alpha value is -1.68. The van der Waals surface area contributed by atoms with E-state index >= 15 is 0 Å². The van der Waals surface area contributed by atoms with Gasteiger partial charge >= 0.3 is 5.97 Å². The molecule has 0 aromatic heterocycles. The lowest BCUT2D eigenvalue weighted by Gasteiger charge is -2.00. The molecule has 0 aliphatic heterocycles. The van der Waals surface area contributed by atoms with E-state index in [2.05, 4.69) is 0 Å². The number of hydrogen-bond acceptors (Lipinski definition) is 3. The fraction of sp³-hybridized carbons (Fsp3) is 0. The Kier molecular flexibility index (Phi) is 4.50. The largest absolute Gasteiger partial charge is 0.516 e. The van der Waals surface area contributed by atoms with Crippen LogP contribution >= 0.6 is 11.8 Å². The summed E-state index contributed by atoms with van der Waals surface area (Å²) < 4.78 is 0.